The number of benzene rings is 1. The van der Waals surface area contributed by atoms with Gasteiger partial charge in [-0.15, -0.1) is 11.3 Å². The van der Waals surface area contributed by atoms with E-state index in [1.54, 1.807) is 12.3 Å². The van der Waals surface area contributed by atoms with Crippen LogP contribution >= 0.6 is 11.3 Å². The molecule has 1 aromatic heterocycles. The maximum Gasteiger partial charge on any atom is 0.325 e. The predicted octanol–water partition coefficient (Wildman–Crippen LogP) is 4.73. The molecule has 1 aliphatic heterocycles. The van der Waals surface area contributed by atoms with Crippen molar-refractivity contribution in [2.45, 2.75) is 64.8 Å². The lowest BCUT2D eigenvalue weighted by Gasteiger charge is -2.42. The van der Waals surface area contributed by atoms with E-state index < -0.39 is 17.5 Å². The molecule has 34 heavy (non-hydrogen) atoms. The third-order valence-electron chi connectivity index (χ3n) is 7.47. The van der Waals surface area contributed by atoms with Crippen LogP contribution in [0.3, 0.4) is 0 Å². The number of aromatic nitrogens is 1. The SMILES string of the molecule is CCC(C)(C)C1CCC2(CC1)NC(=O)N(CC(=O)Nc1ncc(Cc3cccc(F)c3)s1)C2=O. The Kier molecular flexibility index (Phi) is 6.75. The molecule has 2 N–H and O–H groups in total. The van der Waals surface area contributed by atoms with E-state index in [0.29, 0.717) is 30.3 Å². The molecule has 4 amide bonds. The normalized spacial score (nSPS) is 22.8. The van der Waals surface area contributed by atoms with Gasteiger partial charge in [-0.2, -0.15) is 0 Å². The lowest BCUT2D eigenvalue weighted by atomic mass is 9.65. The lowest BCUT2D eigenvalue weighted by Crippen LogP contribution is -2.51. The second-order valence-electron chi connectivity index (χ2n) is 10.0. The Hall–Kier alpha value is -2.81. The Morgan fingerprint density at radius 3 is 2.74 bits per heavy atom. The van der Waals surface area contributed by atoms with Crippen LogP contribution in [0.4, 0.5) is 14.3 Å². The first-order valence-electron chi connectivity index (χ1n) is 11.7. The Morgan fingerprint density at radius 1 is 1.32 bits per heavy atom. The van der Waals surface area contributed by atoms with Gasteiger partial charge < -0.3 is 10.6 Å². The van der Waals surface area contributed by atoms with Crippen LogP contribution in [0.15, 0.2) is 30.5 Å². The summed E-state index contributed by atoms with van der Waals surface area (Å²) in [6.07, 6.45) is 6.14. The maximum atomic E-state index is 13.4. The number of amides is 4. The van der Waals surface area contributed by atoms with Crippen LogP contribution in [0.25, 0.3) is 0 Å². The molecule has 9 heteroatoms. The topological polar surface area (TPSA) is 91.4 Å². The number of nitrogens with zero attached hydrogens (tertiary/aromatic N) is 2. The number of urea groups is 1. The number of thiazole rings is 1. The molecule has 1 saturated carbocycles. The van der Waals surface area contributed by atoms with Crippen LogP contribution in [0.1, 0.15) is 63.3 Å². The number of imide groups is 1. The molecule has 1 spiro atoms. The van der Waals surface area contributed by atoms with E-state index in [-0.39, 0.29) is 23.7 Å². The lowest BCUT2D eigenvalue weighted by molar-refractivity contribution is -0.135. The summed E-state index contributed by atoms with van der Waals surface area (Å²) in [6.45, 7) is 6.34. The molecule has 2 heterocycles. The van der Waals surface area contributed by atoms with E-state index in [9.17, 15) is 18.8 Å². The van der Waals surface area contributed by atoms with Gasteiger partial charge in [0.25, 0.3) is 5.91 Å². The van der Waals surface area contributed by atoms with Crippen LogP contribution < -0.4 is 10.6 Å². The fourth-order valence-corrected chi connectivity index (χ4v) is 5.80. The van der Waals surface area contributed by atoms with Gasteiger partial charge in [0.05, 0.1) is 0 Å². The molecule has 0 bridgehead atoms. The van der Waals surface area contributed by atoms with Crippen LogP contribution in [-0.2, 0) is 16.0 Å². The second-order valence-corrected chi connectivity index (χ2v) is 11.1. The highest BCUT2D eigenvalue weighted by molar-refractivity contribution is 7.15. The van der Waals surface area contributed by atoms with Crippen LogP contribution in [0, 0.1) is 17.2 Å². The maximum absolute atomic E-state index is 13.4. The smallest absolute Gasteiger partial charge is 0.323 e. The molecule has 1 aromatic carbocycles. The third-order valence-corrected chi connectivity index (χ3v) is 8.38. The summed E-state index contributed by atoms with van der Waals surface area (Å²) in [6, 6.07) is 5.81. The van der Waals surface area contributed by atoms with E-state index in [0.717, 1.165) is 34.6 Å². The molecule has 2 fully saturated rings. The minimum atomic E-state index is -0.892. The van der Waals surface area contributed by atoms with Gasteiger partial charge in [-0.1, -0.05) is 39.3 Å². The van der Waals surface area contributed by atoms with E-state index in [1.165, 1.54) is 23.5 Å². The zero-order chi connectivity index (χ0) is 24.5. The average molecular weight is 487 g/mol. The highest BCUT2D eigenvalue weighted by Crippen LogP contribution is 2.45. The fraction of sp³-hybridized carbons (Fsp3) is 0.520. The molecular formula is C25H31FN4O3S. The first-order valence-corrected chi connectivity index (χ1v) is 12.6. The minimum Gasteiger partial charge on any atom is -0.323 e. The van der Waals surface area contributed by atoms with Crippen molar-refractivity contribution >= 4 is 34.3 Å². The van der Waals surface area contributed by atoms with E-state index in [4.69, 9.17) is 0 Å². The van der Waals surface area contributed by atoms with Gasteiger partial charge in [-0.05, 0) is 54.7 Å². The van der Waals surface area contributed by atoms with Crippen LogP contribution in [0.2, 0.25) is 0 Å². The molecule has 0 unspecified atom stereocenters. The molecule has 1 saturated heterocycles. The average Bonchev–Trinajstić information content (AvgIpc) is 3.31. The highest BCUT2D eigenvalue weighted by Gasteiger charge is 2.53. The van der Waals surface area contributed by atoms with Gasteiger partial charge >= 0.3 is 6.03 Å². The molecule has 2 aliphatic rings. The van der Waals surface area contributed by atoms with Gasteiger partial charge in [0.2, 0.25) is 5.91 Å². The summed E-state index contributed by atoms with van der Waals surface area (Å²) in [4.78, 5) is 44.4. The van der Waals surface area contributed by atoms with E-state index >= 15 is 0 Å². The number of hydrogen-bond donors (Lipinski definition) is 2. The van der Waals surface area contributed by atoms with Gasteiger partial charge in [-0.25, -0.2) is 14.2 Å². The molecule has 1 aliphatic carbocycles. The number of halogens is 1. The minimum absolute atomic E-state index is 0.202. The zero-order valence-corrected chi connectivity index (χ0v) is 20.6. The molecule has 7 nitrogen and oxygen atoms in total. The zero-order valence-electron chi connectivity index (χ0n) is 19.8. The number of hydrogen-bond acceptors (Lipinski definition) is 5. The Morgan fingerprint density at radius 2 is 2.06 bits per heavy atom. The molecule has 0 radical (unpaired) electrons. The van der Waals surface area contributed by atoms with Gasteiger partial charge in [0, 0.05) is 17.5 Å². The summed E-state index contributed by atoms with van der Waals surface area (Å²) in [5.41, 5.74) is 0.119. The summed E-state index contributed by atoms with van der Waals surface area (Å²) < 4.78 is 13.4. The van der Waals surface area contributed by atoms with E-state index in [1.807, 2.05) is 6.07 Å². The van der Waals surface area contributed by atoms with Crippen molar-refractivity contribution in [1.29, 1.82) is 0 Å². The summed E-state index contributed by atoms with van der Waals surface area (Å²) >= 11 is 1.28. The summed E-state index contributed by atoms with van der Waals surface area (Å²) in [5, 5.41) is 5.93. The van der Waals surface area contributed by atoms with Gasteiger partial charge in [0.1, 0.15) is 17.9 Å². The van der Waals surface area contributed by atoms with E-state index in [2.05, 4.69) is 36.4 Å². The standard InChI is InChI=1S/C25H31FN4O3S/c1-4-24(2,3)17-8-10-25(11-9-17)21(32)30(23(33)29-25)15-20(31)28-22-27-14-19(34-22)13-16-6-5-7-18(26)12-16/h5-7,12,14,17H,4,8-11,13,15H2,1-3H3,(H,29,33)(H,27,28,31). The molecule has 4 rings (SSSR count). The van der Waals surface area contributed by atoms with Crippen molar-refractivity contribution in [2.75, 3.05) is 11.9 Å². The van der Waals surface area contributed by atoms with Crippen LogP contribution in [-0.4, -0.2) is 39.8 Å². The molecule has 0 atom stereocenters. The largest absolute Gasteiger partial charge is 0.325 e. The van der Waals surface area contributed by atoms with Gasteiger partial charge in [0.15, 0.2) is 5.13 Å². The molecule has 2 aromatic rings. The van der Waals surface area contributed by atoms with Crippen LogP contribution in [0.5, 0.6) is 0 Å². The Bertz CT molecular complexity index is 1090. The number of carbonyl (C=O) groups is 3. The number of nitrogens with one attached hydrogen (secondary N) is 2. The second kappa shape index (κ2) is 9.44. The van der Waals surface area contributed by atoms with Crippen molar-refractivity contribution in [1.82, 2.24) is 15.2 Å². The van der Waals surface area contributed by atoms with Crippen molar-refractivity contribution in [3.8, 4) is 0 Å². The number of carbonyl (C=O) groups excluding carboxylic acids is 3. The highest BCUT2D eigenvalue weighted by atomic mass is 32.1. The molecule has 182 valence electrons. The van der Waals surface area contributed by atoms with Gasteiger partial charge in [-0.3, -0.25) is 14.5 Å². The Labute approximate surface area is 203 Å². The fourth-order valence-electron chi connectivity index (χ4n) is 4.94. The number of rotatable bonds is 7. The summed E-state index contributed by atoms with van der Waals surface area (Å²) in [5.74, 6) is -0.583. The van der Waals surface area contributed by atoms with Crippen molar-refractivity contribution < 1.29 is 18.8 Å². The monoisotopic (exact) mass is 486 g/mol. The van der Waals surface area contributed by atoms with Crippen molar-refractivity contribution in [2.24, 2.45) is 11.3 Å². The third kappa shape index (κ3) is 4.99. The van der Waals surface area contributed by atoms with Crippen molar-refractivity contribution in [3.05, 3.63) is 46.7 Å². The quantitative estimate of drug-likeness (QED) is 0.554. The molecular weight excluding hydrogens is 455 g/mol. The first-order chi connectivity index (χ1) is 16.1. The number of anilines is 1. The summed E-state index contributed by atoms with van der Waals surface area (Å²) in [7, 11) is 0. The van der Waals surface area contributed by atoms with Crippen molar-refractivity contribution in [3.63, 3.8) is 0 Å². The predicted molar refractivity (Wildman–Crippen MR) is 129 cm³/mol. The first kappa shape index (κ1) is 24.3. The Balaban J connectivity index is 1.34.